The fourth-order valence-electron chi connectivity index (χ4n) is 3.99. The summed E-state index contributed by atoms with van der Waals surface area (Å²) in [6, 6.07) is 7.72. The number of nitrogens with zero attached hydrogens (tertiary/aromatic N) is 4. The molecule has 0 saturated carbocycles. The van der Waals surface area contributed by atoms with Gasteiger partial charge in [-0.25, -0.2) is 4.98 Å². The number of esters is 1. The number of aryl methyl sites for hydroxylation is 1. The van der Waals surface area contributed by atoms with Crippen LogP contribution in [0.1, 0.15) is 42.1 Å². The lowest BCUT2D eigenvalue weighted by atomic mass is 9.93. The smallest absolute Gasteiger partial charge is 0.309 e. The Labute approximate surface area is 179 Å². The van der Waals surface area contributed by atoms with Crippen LogP contribution < -0.4 is 4.74 Å². The molecule has 3 aromatic rings. The Bertz CT molecular complexity index is 1020. The molecule has 0 amide bonds. The van der Waals surface area contributed by atoms with Gasteiger partial charge in [0.15, 0.2) is 0 Å². The highest BCUT2D eigenvalue weighted by Gasteiger charge is 2.34. The lowest BCUT2D eigenvalue weighted by Gasteiger charge is -2.36. The molecule has 9 heteroatoms. The summed E-state index contributed by atoms with van der Waals surface area (Å²) >= 11 is 1.44. The van der Waals surface area contributed by atoms with Crippen molar-refractivity contribution in [3.63, 3.8) is 0 Å². The zero-order chi connectivity index (χ0) is 21.3. The number of ether oxygens (including phenoxy) is 2. The van der Waals surface area contributed by atoms with Crippen LogP contribution in [0.3, 0.4) is 0 Å². The zero-order valence-electron chi connectivity index (χ0n) is 17.4. The Morgan fingerprint density at radius 3 is 2.60 bits per heavy atom. The lowest BCUT2D eigenvalue weighted by Crippen LogP contribution is -2.39. The van der Waals surface area contributed by atoms with E-state index in [1.807, 2.05) is 31.2 Å². The number of hydrogen-bond acceptors (Lipinski definition) is 8. The number of fused-ring (bicyclic) bond motifs is 1. The largest absolute Gasteiger partial charge is 0.497 e. The summed E-state index contributed by atoms with van der Waals surface area (Å²) in [6.45, 7) is 5.50. The van der Waals surface area contributed by atoms with Crippen LogP contribution in [0.2, 0.25) is 0 Å². The number of rotatable bonds is 6. The number of likely N-dealkylation sites (tertiary alicyclic amines) is 1. The zero-order valence-corrected chi connectivity index (χ0v) is 18.2. The predicted octanol–water partition coefficient (Wildman–Crippen LogP) is 3.18. The lowest BCUT2D eigenvalue weighted by molar-refractivity contribution is -0.149. The van der Waals surface area contributed by atoms with Gasteiger partial charge in [0.05, 0.1) is 30.6 Å². The van der Waals surface area contributed by atoms with Gasteiger partial charge < -0.3 is 14.6 Å². The predicted molar refractivity (Wildman–Crippen MR) is 113 cm³/mol. The van der Waals surface area contributed by atoms with Crippen molar-refractivity contribution in [2.45, 2.75) is 32.7 Å². The van der Waals surface area contributed by atoms with Crippen molar-refractivity contribution in [3.05, 3.63) is 40.5 Å². The van der Waals surface area contributed by atoms with Crippen LogP contribution in [-0.4, -0.2) is 57.4 Å². The van der Waals surface area contributed by atoms with Crippen molar-refractivity contribution in [2.24, 2.45) is 5.92 Å². The van der Waals surface area contributed by atoms with Crippen molar-refractivity contribution >= 4 is 22.3 Å². The quantitative estimate of drug-likeness (QED) is 0.601. The molecule has 1 N–H and O–H groups in total. The van der Waals surface area contributed by atoms with E-state index in [2.05, 4.69) is 15.0 Å². The molecule has 160 valence electrons. The van der Waals surface area contributed by atoms with Crippen LogP contribution in [0.4, 0.5) is 0 Å². The number of benzene rings is 1. The minimum atomic E-state index is -0.159. The van der Waals surface area contributed by atoms with Crippen molar-refractivity contribution < 1.29 is 19.4 Å². The normalized spacial score (nSPS) is 16.6. The monoisotopic (exact) mass is 430 g/mol. The molecule has 1 aliphatic rings. The topological polar surface area (TPSA) is 89.2 Å². The third-order valence-electron chi connectivity index (χ3n) is 5.50. The van der Waals surface area contributed by atoms with E-state index in [9.17, 15) is 9.90 Å². The number of piperidine rings is 1. The first-order valence-electron chi connectivity index (χ1n) is 10.1. The molecular formula is C21H26N4O4S. The van der Waals surface area contributed by atoms with E-state index < -0.39 is 0 Å². The Kier molecular flexibility index (Phi) is 5.92. The van der Waals surface area contributed by atoms with Crippen LogP contribution in [0.5, 0.6) is 11.6 Å². The summed E-state index contributed by atoms with van der Waals surface area (Å²) in [5.74, 6) is 1.33. The number of methoxy groups -OCH3 is 1. The molecular weight excluding hydrogens is 404 g/mol. The van der Waals surface area contributed by atoms with Crippen molar-refractivity contribution in [1.82, 2.24) is 19.5 Å². The van der Waals surface area contributed by atoms with Crippen molar-refractivity contribution in [2.75, 3.05) is 26.8 Å². The van der Waals surface area contributed by atoms with Gasteiger partial charge in [-0.15, -0.1) is 5.10 Å². The molecule has 1 atom stereocenters. The molecule has 0 aliphatic carbocycles. The second kappa shape index (κ2) is 8.61. The second-order valence-corrected chi connectivity index (χ2v) is 8.39. The van der Waals surface area contributed by atoms with Gasteiger partial charge >= 0.3 is 5.97 Å². The average molecular weight is 431 g/mol. The number of aromatic nitrogens is 3. The van der Waals surface area contributed by atoms with E-state index >= 15 is 0 Å². The maximum atomic E-state index is 12.1. The van der Waals surface area contributed by atoms with Crippen molar-refractivity contribution in [3.8, 4) is 11.6 Å². The molecule has 0 spiro atoms. The highest BCUT2D eigenvalue weighted by Crippen LogP contribution is 2.41. The summed E-state index contributed by atoms with van der Waals surface area (Å²) in [4.78, 5) is 20.3. The molecule has 1 saturated heterocycles. The number of carbonyl (C=O) groups excluding carboxylic acids is 1. The van der Waals surface area contributed by atoms with E-state index in [-0.39, 0.29) is 23.8 Å². The molecule has 0 bridgehead atoms. The van der Waals surface area contributed by atoms with Gasteiger partial charge in [-0.2, -0.15) is 4.52 Å². The Balaban J connectivity index is 1.66. The van der Waals surface area contributed by atoms with Gasteiger partial charge in [0.25, 0.3) is 0 Å². The number of thiazole rings is 1. The number of aromatic hydroxyl groups is 1. The van der Waals surface area contributed by atoms with E-state index in [0.717, 1.165) is 42.1 Å². The summed E-state index contributed by atoms with van der Waals surface area (Å²) < 4.78 is 12.0. The third kappa shape index (κ3) is 3.87. The van der Waals surface area contributed by atoms with Gasteiger partial charge in [-0.3, -0.25) is 9.69 Å². The van der Waals surface area contributed by atoms with Crippen LogP contribution >= 0.6 is 11.3 Å². The van der Waals surface area contributed by atoms with Crippen LogP contribution in [0, 0.1) is 12.8 Å². The summed E-state index contributed by atoms with van der Waals surface area (Å²) in [5, 5.41) is 15.2. The Morgan fingerprint density at radius 2 is 2.00 bits per heavy atom. The molecule has 0 radical (unpaired) electrons. The first-order valence-corrected chi connectivity index (χ1v) is 10.9. The Hall–Kier alpha value is -2.65. The summed E-state index contributed by atoms with van der Waals surface area (Å²) in [6.07, 6.45) is 1.46. The third-order valence-corrected chi connectivity index (χ3v) is 6.57. The van der Waals surface area contributed by atoms with Gasteiger partial charge in [0, 0.05) is 0 Å². The van der Waals surface area contributed by atoms with Crippen LogP contribution in [-0.2, 0) is 9.53 Å². The fraction of sp³-hybridized carbons (Fsp3) is 0.476. The Morgan fingerprint density at radius 1 is 1.30 bits per heavy atom. The number of hydrogen-bond donors (Lipinski definition) is 1. The maximum absolute atomic E-state index is 12.1. The summed E-state index contributed by atoms with van der Waals surface area (Å²) in [5.41, 5.74) is 1.04. The molecule has 3 heterocycles. The van der Waals surface area contributed by atoms with Gasteiger partial charge in [0.2, 0.25) is 10.8 Å². The minimum absolute atomic E-state index is 0.0729. The second-order valence-electron chi connectivity index (χ2n) is 7.38. The molecule has 1 aromatic carbocycles. The van der Waals surface area contributed by atoms with E-state index in [1.165, 1.54) is 15.9 Å². The molecule has 1 unspecified atom stereocenters. The fourth-order valence-corrected chi connectivity index (χ4v) is 5.16. The number of carbonyl (C=O) groups is 1. The molecule has 8 nitrogen and oxygen atoms in total. The molecule has 4 rings (SSSR count). The highest BCUT2D eigenvalue weighted by molar-refractivity contribution is 7.17. The standard InChI is InChI=1S/C21H26N4O4S/c1-4-29-20(27)15-9-11-24(12-10-15)17(14-5-7-16(28-3)8-6-14)18-19(26)25-21(30-18)22-13(2)23-25/h5-8,15,17,26H,4,9-12H2,1-3H3. The minimum Gasteiger partial charge on any atom is -0.497 e. The summed E-state index contributed by atoms with van der Waals surface area (Å²) in [7, 11) is 1.64. The van der Waals surface area contributed by atoms with Gasteiger partial charge in [-0.1, -0.05) is 23.5 Å². The molecule has 30 heavy (non-hydrogen) atoms. The molecule has 1 aliphatic heterocycles. The van der Waals surface area contributed by atoms with Crippen LogP contribution in [0.25, 0.3) is 4.96 Å². The van der Waals surface area contributed by atoms with Crippen LogP contribution in [0.15, 0.2) is 24.3 Å². The highest BCUT2D eigenvalue weighted by atomic mass is 32.1. The molecule has 2 aromatic heterocycles. The average Bonchev–Trinajstić information content (AvgIpc) is 3.26. The van der Waals surface area contributed by atoms with Crippen molar-refractivity contribution in [1.29, 1.82) is 0 Å². The van der Waals surface area contributed by atoms with E-state index in [1.54, 1.807) is 14.0 Å². The first kappa shape index (κ1) is 20.6. The van der Waals surface area contributed by atoms with Gasteiger partial charge in [-0.05, 0) is 57.5 Å². The first-order chi connectivity index (χ1) is 14.5. The SMILES string of the molecule is CCOC(=O)C1CCN(C(c2ccc(OC)cc2)c2sc3nc(C)nn3c2O)CC1. The van der Waals surface area contributed by atoms with Gasteiger partial charge in [0.1, 0.15) is 11.6 Å². The van der Waals surface area contributed by atoms with E-state index in [4.69, 9.17) is 9.47 Å². The maximum Gasteiger partial charge on any atom is 0.309 e. The van der Waals surface area contributed by atoms with E-state index in [0.29, 0.717) is 17.4 Å². The molecule has 1 fully saturated rings.